The Morgan fingerprint density at radius 1 is 1.35 bits per heavy atom. The van der Waals surface area contributed by atoms with Gasteiger partial charge in [-0.25, -0.2) is 4.98 Å². The SMILES string of the molecule is CC(C)(C)Cc1nnc(-c2nc(CO)cs2)o1. The molecule has 17 heavy (non-hydrogen) atoms. The highest BCUT2D eigenvalue weighted by molar-refractivity contribution is 7.13. The van der Waals surface area contributed by atoms with Crippen LogP contribution in [-0.2, 0) is 13.0 Å². The number of aliphatic hydroxyl groups excluding tert-OH is 1. The molecule has 0 amide bonds. The molecule has 92 valence electrons. The molecule has 0 saturated carbocycles. The minimum absolute atomic E-state index is 0.0700. The molecule has 0 aromatic carbocycles. The zero-order valence-electron chi connectivity index (χ0n) is 10.1. The summed E-state index contributed by atoms with van der Waals surface area (Å²) < 4.78 is 5.55. The molecule has 0 unspecified atom stereocenters. The van der Waals surface area contributed by atoms with Crippen molar-refractivity contribution in [3.05, 3.63) is 17.0 Å². The molecule has 0 fully saturated rings. The molecule has 0 radical (unpaired) electrons. The smallest absolute Gasteiger partial charge is 0.276 e. The summed E-state index contributed by atoms with van der Waals surface area (Å²) in [6.07, 6.45) is 0.734. The van der Waals surface area contributed by atoms with Crippen molar-refractivity contribution in [2.24, 2.45) is 5.41 Å². The van der Waals surface area contributed by atoms with Crippen LogP contribution in [0.3, 0.4) is 0 Å². The molecule has 0 atom stereocenters. The van der Waals surface area contributed by atoms with Gasteiger partial charge in [-0.15, -0.1) is 21.5 Å². The average Bonchev–Trinajstić information content (AvgIpc) is 2.82. The van der Waals surface area contributed by atoms with E-state index in [1.165, 1.54) is 11.3 Å². The predicted octanol–water partition coefficient (Wildman–Crippen LogP) is 2.27. The molecule has 0 saturated heterocycles. The van der Waals surface area contributed by atoms with E-state index in [9.17, 15) is 0 Å². The maximum Gasteiger partial charge on any atom is 0.276 e. The molecular weight excluding hydrogens is 238 g/mol. The average molecular weight is 253 g/mol. The van der Waals surface area contributed by atoms with Crippen molar-refractivity contribution >= 4 is 11.3 Å². The molecular formula is C11H15N3O2S. The third-order valence-corrected chi connectivity index (χ3v) is 2.92. The molecule has 0 spiro atoms. The predicted molar refractivity (Wildman–Crippen MR) is 64.5 cm³/mol. The van der Waals surface area contributed by atoms with Crippen LogP contribution in [0.1, 0.15) is 32.4 Å². The molecule has 0 aliphatic rings. The summed E-state index contributed by atoms with van der Waals surface area (Å²) in [4.78, 5) is 4.18. The highest BCUT2D eigenvalue weighted by atomic mass is 32.1. The Balaban J connectivity index is 2.18. The number of nitrogens with zero attached hydrogens (tertiary/aromatic N) is 3. The molecule has 2 rings (SSSR count). The molecule has 2 heterocycles. The van der Waals surface area contributed by atoms with E-state index in [0.29, 0.717) is 22.5 Å². The van der Waals surface area contributed by atoms with E-state index in [1.807, 2.05) is 0 Å². The van der Waals surface area contributed by atoms with Crippen LogP contribution in [0, 0.1) is 5.41 Å². The largest absolute Gasteiger partial charge is 0.419 e. The number of thiazole rings is 1. The minimum atomic E-state index is -0.0700. The zero-order valence-corrected chi connectivity index (χ0v) is 10.9. The van der Waals surface area contributed by atoms with Crippen molar-refractivity contribution < 1.29 is 9.52 Å². The second kappa shape index (κ2) is 4.54. The third-order valence-electron chi connectivity index (χ3n) is 2.05. The lowest BCUT2D eigenvalue weighted by Crippen LogP contribution is -2.09. The Bertz CT molecular complexity index is 499. The van der Waals surface area contributed by atoms with Crippen LogP contribution in [-0.4, -0.2) is 20.3 Å². The summed E-state index contributed by atoms with van der Waals surface area (Å²) in [5.74, 6) is 1.04. The first-order chi connectivity index (χ1) is 7.98. The van der Waals surface area contributed by atoms with Crippen LogP contribution in [0.25, 0.3) is 10.9 Å². The van der Waals surface area contributed by atoms with E-state index >= 15 is 0 Å². The summed E-state index contributed by atoms with van der Waals surface area (Å²) in [6, 6.07) is 0. The summed E-state index contributed by atoms with van der Waals surface area (Å²) >= 11 is 1.39. The number of rotatable bonds is 3. The number of hydrogen-bond donors (Lipinski definition) is 1. The lowest BCUT2D eigenvalue weighted by atomic mass is 9.92. The Hall–Kier alpha value is -1.27. The fourth-order valence-corrected chi connectivity index (χ4v) is 2.07. The van der Waals surface area contributed by atoms with Gasteiger partial charge in [0.15, 0.2) is 5.01 Å². The molecule has 5 nitrogen and oxygen atoms in total. The second-order valence-corrected chi connectivity index (χ2v) is 5.90. The first kappa shape index (κ1) is 12.2. The number of hydrogen-bond acceptors (Lipinski definition) is 6. The zero-order chi connectivity index (χ0) is 12.5. The molecule has 2 aromatic heterocycles. The maximum atomic E-state index is 8.93. The van der Waals surface area contributed by atoms with Crippen molar-refractivity contribution in [2.75, 3.05) is 0 Å². The van der Waals surface area contributed by atoms with E-state index in [4.69, 9.17) is 9.52 Å². The fraction of sp³-hybridized carbons (Fsp3) is 0.545. The number of aromatic nitrogens is 3. The molecule has 0 aliphatic heterocycles. The quantitative estimate of drug-likeness (QED) is 0.908. The van der Waals surface area contributed by atoms with Crippen LogP contribution < -0.4 is 0 Å². The van der Waals surface area contributed by atoms with Gasteiger partial charge in [0.2, 0.25) is 5.89 Å². The summed E-state index contributed by atoms with van der Waals surface area (Å²) in [6.45, 7) is 6.28. The van der Waals surface area contributed by atoms with Gasteiger partial charge >= 0.3 is 0 Å². The van der Waals surface area contributed by atoms with Gasteiger partial charge in [0.1, 0.15) is 0 Å². The van der Waals surface area contributed by atoms with Crippen molar-refractivity contribution in [3.8, 4) is 10.9 Å². The normalized spacial score (nSPS) is 12.0. The summed E-state index contributed by atoms with van der Waals surface area (Å²) in [7, 11) is 0. The fourth-order valence-electron chi connectivity index (χ4n) is 1.34. The Morgan fingerprint density at radius 2 is 2.12 bits per heavy atom. The van der Waals surface area contributed by atoms with Crippen molar-refractivity contribution in [3.63, 3.8) is 0 Å². The van der Waals surface area contributed by atoms with Crippen LogP contribution in [0.4, 0.5) is 0 Å². The van der Waals surface area contributed by atoms with Gasteiger partial charge in [-0.2, -0.15) is 0 Å². The highest BCUT2D eigenvalue weighted by Gasteiger charge is 2.18. The van der Waals surface area contributed by atoms with E-state index in [2.05, 4.69) is 36.0 Å². The second-order valence-electron chi connectivity index (χ2n) is 5.04. The van der Waals surface area contributed by atoms with E-state index in [1.54, 1.807) is 5.38 Å². The standard InChI is InChI=1S/C11H15N3O2S/c1-11(2,3)4-8-13-14-9(16-8)10-12-7(5-15)6-17-10/h6,15H,4-5H2,1-3H3. The lowest BCUT2D eigenvalue weighted by molar-refractivity contribution is 0.277. The molecule has 6 heteroatoms. The monoisotopic (exact) mass is 253 g/mol. The first-order valence-corrected chi connectivity index (χ1v) is 6.24. The van der Waals surface area contributed by atoms with Crippen molar-refractivity contribution in [2.45, 2.75) is 33.8 Å². The summed E-state index contributed by atoms with van der Waals surface area (Å²) in [5, 5.41) is 19.3. The summed E-state index contributed by atoms with van der Waals surface area (Å²) in [5.41, 5.74) is 0.740. The van der Waals surface area contributed by atoms with Crippen LogP contribution in [0.5, 0.6) is 0 Å². The maximum absolute atomic E-state index is 8.93. The van der Waals surface area contributed by atoms with Gasteiger partial charge in [0.05, 0.1) is 12.3 Å². The van der Waals surface area contributed by atoms with Gasteiger partial charge in [-0.3, -0.25) is 0 Å². The Labute approximate surface area is 104 Å². The highest BCUT2D eigenvalue weighted by Crippen LogP contribution is 2.25. The molecule has 1 N–H and O–H groups in total. The number of aliphatic hydroxyl groups is 1. The van der Waals surface area contributed by atoms with Crippen LogP contribution in [0.15, 0.2) is 9.80 Å². The van der Waals surface area contributed by atoms with E-state index in [-0.39, 0.29) is 12.0 Å². The van der Waals surface area contributed by atoms with Gasteiger partial charge in [0.25, 0.3) is 5.89 Å². The molecule has 0 bridgehead atoms. The first-order valence-electron chi connectivity index (χ1n) is 5.36. The van der Waals surface area contributed by atoms with Gasteiger partial charge in [0, 0.05) is 11.8 Å². The lowest BCUT2D eigenvalue weighted by Gasteiger charge is -2.14. The Kier molecular flexibility index (Phi) is 3.26. The Morgan fingerprint density at radius 3 is 2.71 bits per heavy atom. The van der Waals surface area contributed by atoms with Crippen LogP contribution in [0.2, 0.25) is 0 Å². The van der Waals surface area contributed by atoms with E-state index in [0.717, 1.165) is 6.42 Å². The topological polar surface area (TPSA) is 72.0 Å². The molecule has 2 aromatic rings. The van der Waals surface area contributed by atoms with Crippen LogP contribution >= 0.6 is 11.3 Å². The van der Waals surface area contributed by atoms with Gasteiger partial charge < -0.3 is 9.52 Å². The third kappa shape index (κ3) is 3.10. The van der Waals surface area contributed by atoms with Crippen molar-refractivity contribution in [1.82, 2.24) is 15.2 Å². The van der Waals surface area contributed by atoms with E-state index < -0.39 is 0 Å². The minimum Gasteiger partial charge on any atom is -0.419 e. The van der Waals surface area contributed by atoms with Crippen molar-refractivity contribution in [1.29, 1.82) is 0 Å². The molecule has 0 aliphatic carbocycles. The van der Waals surface area contributed by atoms with Gasteiger partial charge in [-0.05, 0) is 5.41 Å². The van der Waals surface area contributed by atoms with Gasteiger partial charge in [-0.1, -0.05) is 20.8 Å².